The summed E-state index contributed by atoms with van der Waals surface area (Å²) >= 11 is 6.03. The van der Waals surface area contributed by atoms with Crippen molar-refractivity contribution in [2.24, 2.45) is 0 Å². The van der Waals surface area contributed by atoms with Crippen molar-refractivity contribution in [2.45, 2.75) is 20.3 Å². The van der Waals surface area contributed by atoms with Gasteiger partial charge in [-0.25, -0.2) is 0 Å². The van der Waals surface area contributed by atoms with Crippen molar-refractivity contribution in [1.29, 1.82) is 0 Å². The molecule has 0 heterocycles. The first kappa shape index (κ1) is 12.8. The van der Waals surface area contributed by atoms with E-state index in [1.807, 2.05) is 50.2 Å². The molecule has 0 fully saturated rings. The standard InChI is InChI=1S/C16H15ClO/c1-11-4-3-5-13(8-11)9-16(18)14-7-6-12(2)15(17)10-14/h3-8,10H,9H2,1-2H3. The smallest absolute Gasteiger partial charge is 0.167 e. The van der Waals surface area contributed by atoms with E-state index in [4.69, 9.17) is 11.6 Å². The largest absolute Gasteiger partial charge is 0.294 e. The summed E-state index contributed by atoms with van der Waals surface area (Å²) in [5, 5.41) is 0.644. The molecule has 2 aromatic rings. The second kappa shape index (κ2) is 5.36. The highest BCUT2D eigenvalue weighted by atomic mass is 35.5. The Bertz CT molecular complexity index is 587. The second-order valence-corrected chi connectivity index (χ2v) is 4.96. The highest BCUT2D eigenvalue weighted by Crippen LogP contribution is 2.18. The van der Waals surface area contributed by atoms with Gasteiger partial charge in [-0.05, 0) is 31.0 Å². The van der Waals surface area contributed by atoms with Crippen molar-refractivity contribution < 1.29 is 4.79 Å². The van der Waals surface area contributed by atoms with Gasteiger partial charge in [0.05, 0.1) is 0 Å². The van der Waals surface area contributed by atoms with E-state index in [2.05, 4.69) is 0 Å². The molecular formula is C16H15ClO. The molecule has 0 unspecified atom stereocenters. The summed E-state index contributed by atoms with van der Waals surface area (Å²) in [6.07, 6.45) is 0.418. The van der Waals surface area contributed by atoms with E-state index in [-0.39, 0.29) is 5.78 Å². The predicted octanol–water partition coefficient (Wildman–Crippen LogP) is 4.38. The van der Waals surface area contributed by atoms with Crippen molar-refractivity contribution in [3.8, 4) is 0 Å². The average Bonchev–Trinajstić information content (AvgIpc) is 2.32. The number of Topliss-reactive ketones (excluding diaryl/α,β-unsaturated/α-hetero) is 1. The number of ketones is 1. The minimum Gasteiger partial charge on any atom is -0.294 e. The summed E-state index contributed by atoms with van der Waals surface area (Å²) in [6.45, 7) is 3.95. The van der Waals surface area contributed by atoms with Crippen molar-refractivity contribution in [3.05, 3.63) is 69.7 Å². The van der Waals surface area contributed by atoms with E-state index in [9.17, 15) is 4.79 Å². The van der Waals surface area contributed by atoms with Crippen LogP contribution < -0.4 is 0 Å². The highest BCUT2D eigenvalue weighted by Gasteiger charge is 2.08. The summed E-state index contributed by atoms with van der Waals surface area (Å²) in [4.78, 5) is 12.1. The molecule has 0 N–H and O–H groups in total. The van der Waals surface area contributed by atoms with Gasteiger partial charge in [0, 0.05) is 17.0 Å². The van der Waals surface area contributed by atoms with Crippen LogP contribution in [0, 0.1) is 13.8 Å². The fraction of sp³-hybridized carbons (Fsp3) is 0.188. The molecule has 0 spiro atoms. The number of halogens is 1. The minimum absolute atomic E-state index is 0.0995. The lowest BCUT2D eigenvalue weighted by Gasteiger charge is -2.04. The predicted molar refractivity (Wildman–Crippen MR) is 75.4 cm³/mol. The molecule has 0 saturated carbocycles. The molecule has 1 nitrogen and oxygen atoms in total. The lowest BCUT2D eigenvalue weighted by molar-refractivity contribution is 0.0993. The Morgan fingerprint density at radius 1 is 1.11 bits per heavy atom. The molecule has 0 aliphatic carbocycles. The van der Waals surface area contributed by atoms with Gasteiger partial charge < -0.3 is 0 Å². The molecule has 92 valence electrons. The van der Waals surface area contributed by atoms with E-state index >= 15 is 0 Å². The third-order valence-electron chi connectivity index (χ3n) is 2.94. The Hall–Kier alpha value is -1.60. The van der Waals surface area contributed by atoms with Crippen LogP contribution in [0.4, 0.5) is 0 Å². The third-order valence-corrected chi connectivity index (χ3v) is 3.35. The van der Waals surface area contributed by atoms with Crippen LogP contribution in [-0.4, -0.2) is 5.78 Å². The maximum Gasteiger partial charge on any atom is 0.167 e. The number of rotatable bonds is 3. The topological polar surface area (TPSA) is 17.1 Å². The molecule has 0 radical (unpaired) electrons. The van der Waals surface area contributed by atoms with Crippen LogP contribution in [0.5, 0.6) is 0 Å². The molecule has 2 heteroatoms. The Balaban J connectivity index is 2.19. The van der Waals surface area contributed by atoms with Gasteiger partial charge in [0.25, 0.3) is 0 Å². The summed E-state index contributed by atoms with van der Waals surface area (Å²) < 4.78 is 0. The fourth-order valence-corrected chi connectivity index (χ4v) is 2.06. The second-order valence-electron chi connectivity index (χ2n) is 4.55. The molecule has 0 aromatic heterocycles. The Morgan fingerprint density at radius 3 is 2.56 bits per heavy atom. The zero-order valence-corrected chi connectivity index (χ0v) is 11.3. The molecule has 0 bridgehead atoms. The van der Waals surface area contributed by atoms with Crippen LogP contribution in [0.3, 0.4) is 0 Å². The van der Waals surface area contributed by atoms with Gasteiger partial charge in [-0.15, -0.1) is 0 Å². The first-order valence-electron chi connectivity index (χ1n) is 5.91. The van der Waals surface area contributed by atoms with Gasteiger partial charge in [0.15, 0.2) is 5.78 Å². The zero-order valence-electron chi connectivity index (χ0n) is 10.5. The molecule has 0 saturated heterocycles. The van der Waals surface area contributed by atoms with Crippen LogP contribution >= 0.6 is 11.6 Å². The number of carbonyl (C=O) groups excluding carboxylic acids is 1. The molecule has 0 aliphatic heterocycles. The molecule has 2 rings (SSSR count). The van der Waals surface area contributed by atoms with E-state index in [0.717, 1.165) is 11.1 Å². The zero-order chi connectivity index (χ0) is 13.1. The number of benzene rings is 2. The number of hydrogen-bond donors (Lipinski definition) is 0. The SMILES string of the molecule is Cc1cccc(CC(=O)c2ccc(C)c(Cl)c2)c1. The Morgan fingerprint density at radius 2 is 1.89 bits per heavy atom. The van der Waals surface area contributed by atoms with Crippen LogP contribution in [-0.2, 0) is 6.42 Å². The summed E-state index contributed by atoms with van der Waals surface area (Å²) in [7, 11) is 0. The summed E-state index contributed by atoms with van der Waals surface area (Å²) in [5.41, 5.74) is 3.87. The van der Waals surface area contributed by atoms with Crippen molar-refractivity contribution >= 4 is 17.4 Å². The van der Waals surface area contributed by atoms with Gasteiger partial charge in [0.2, 0.25) is 0 Å². The van der Waals surface area contributed by atoms with Crippen molar-refractivity contribution in [1.82, 2.24) is 0 Å². The van der Waals surface area contributed by atoms with Crippen LogP contribution in [0.25, 0.3) is 0 Å². The maximum atomic E-state index is 12.1. The monoisotopic (exact) mass is 258 g/mol. The molecule has 0 atom stereocenters. The third kappa shape index (κ3) is 2.99. The highest BCUT2D eigenvalue weighted by molar-refractivity contribution is 6.31. The first-order valence-corrected chi connectivity index (χ1v) is 6.29. The minimum atomic E-state index is 0.0995. The normalized spacial score (nSPS) is 10.4. The number of carbonyl (C=O) groups is 1. The van der Waals surface area contributed by atoms with Gasteiger partial charge in [-0.3, -0.25) is 4.79 Å². The number of aryl methyl sites for hydroxylation is 2. The van der Waals surface area contributed by atoms with Crippen LogP contribution in [0.2, 0.25) is 5.02 Å². The van der Waals surface area contributed by atoms with Gasteiger partial charge in [0.1, 0.15) is 0 Å². The van der Waals surface area contributed by atoms with E-state index in [0.29, 0.717) is 17.0 Å². The van der Waals surface area contributed by atoms with Gasteiger partial charge in [-0.1, -0.05) is 53.6 Å². The molecule has 0 amide bonds. The van der Waals surface area contributed by atoms with E-state index in [1.165, 1.54) is 5.56 Å². The van der Waals surface area contributed by atoms with E-state index < -0.39 is 0 Å². The molecular weight excluding hydrogens is 244 g/mol. The first-order chi connectivity index (χ1) is 8.56. The maximum absolute atomic E-state index is 12.1. The molecule has 0 aliphatic rings. The summed E-state index contributed by atoms with van der Waals surface area (Å²) in [6, 6.07) is 13.5. The molecule has 18 heavy (non-hydrogen) atoms. The van der Waals surface area contributed by atoms with Crippen molar-refractivity contribution in [3.63, 3.8) is 0 Å². The van der Waals surface area contributed by atoms with Crippen molar-refractivity contribution in [2.75, 3.05) is 0 Å². The Kier molecular flexibility index (Phi) is 3.83. The van der Waals surface area contributed by atoms with Gasteiger partial charge in [-0.2, -0.15) is 0 Å². The van der Waals surface area contributed by atoms with Gasteiger partial charge >= 0.3 is 0 Å². The number of hydrogen-bond acceptors (Lipinski definition) is 1. The van der Waals surface area contributed by atoms with Crippen LogP contribution in [0.1, 0.15) is 27.0 Å². The fourth-order valence-electron chi connectivity index (χ4n) is 1.88. The average molecular weight is 259 g/mol. The lowest BCUT2D eigenvalue weighted by atomic mass is 10.0. The summed E-state index contributed by atoms with van der Waals surface area (Å²) in [5.74, 6) is 0.0995. The van der Waals surface area contributed by atoms with E-state index in [1.54, 1.807) is 6.07 Å². The van der Waals surface area contributed by atoms with Crippen LogP contribution in [0.15, 0.2) is 42.5 Å². The molecule has 2 aromatic carbocycles. The lowest BCUT2D eigenvalue weighted by Crippen LogP contribution is -2.03. The Labute approximate surface area is 112 Å². The quantitative estimate of drug-likeness (QED) is 0.747.